The van der Waals surface area contributed by atoms with Crippen molar-refractivity contribution >= 4 is 49.2 Å². The summed E-state index contributed by atoms with van der Waals surface area (Å²) in [7, 11) is 1.02. The van der Waals surface area contributed by atoms with Gasteiger partial charge >= 0.3 is 0 Å². The summed E-state index contributed by atoms with van der Waals surface area (Å²) in [5, 5.41) is -0.220. The van der Waals surface area contributed by atoms with Gasteiger partial charge in [0, 0.05) is 16.2 Å². The van der Waals surface area contributed by atoms with Crippen LogP contribution in [-0.4, -0.2) is 14.7 Å². The number of benzene rings is 1. The molecule has 0 spiro atoms. The van der Waals surface area contributed by atoms with Gasteiger partial charge in [-0.2, -0.15) is 0 Å². The predicted molar refractivity (Wildman–Crippen MR) is 54.9 cm³/mol. The smallest absolute Gasteiger partial charge is 0.263 e. The van der Waals surface area contributed by atoms with Crippen LogP contribution in [-0.2, 0) is 9.05 Å². The molecule has 0 unspecified atom stereocenters. The third-order valence-electron chi connectivity index (χ3n) is 1.45. The zero-order valence-electron chi connectivity index (χ0n) is 6.50. The SMILES string of the molecule is O=Cc1ccc(Cl)c(Cl)c1S(=O)(=O)Cl. The molecular weight excluding hydrogens is 270 g/mol. The lowest BCUT2D eigenvalue weighted by Crippen LogP contribution is -1.98. The standard InChI is InChI=1S/C7H3Cl3O3S/c8-5-2-1-4(3-11)7(6(5)9)14(10,12)13/h1-3H. The zero-order chi connectivity index (χ0) is 10.9. The molecule has 0 aliphatic rings. The Bertz CT molecular complexity index is 481. The molecule has 76 valence electrons. The third kappa shape index (κ3) is 2.20. The molecule has 0 saturated carbocycles. The van der Waals surface area contributed by atoms with Crippen LogP contribution in [0.5, 0.6) is 0 Å². The highest BCUT2D eigenvalue weighted by molar-refractivity contribution is 8.13. The molecule has 0 heterocycles. The van der Waals surface area contributed by atoms with Crippen molar-refractivity contribution in [1.82, 2.24) is 0 Å². The zero-order valence-corrected chi connectivity index (χ0v) is 9.58. The first-order valence-corrected chi connectivity index (χ1v) is 6.32. The van der Waals surface area contributed by atoms with Crippen LogP contribution in [0.4, 0.5) is 0 Å². The van der Waals surface area contributed by atoms with Crippen LogP contribution in [0.25, 0.3) is 0 Å². The fraction of sp³-hybridized carbons (Fsp3) is 0. The molecule has 1 aromatic rings. The van der Waals surface area contributed by atoms with Gasteiger partial charge in [-0.15, -0.1) is 0 Å². The van der Waals surface area contributed by atoms with Crippen molar-refractivity contribution in [1.29, 1.82) is 0 Å². The minimum absolute atomic E-state index is 0.0245. The van der Waals surface area contributed by atoms with Crippen molar-refractivity contribution in [2.45, 2.75) is 4.90 Å². The van der Waals surface area contributed by atoms with Crippen LogP contribution in [0.1, 0.15) is 10.4 Å². The first-order chi connectivity index (χ1) is 6.38. The average molecular weight is 274 g/mol. The number of rotatable bonds is 2. The molecule has 1 rings (SSSR count). The minimum atomic E-state index is -4.07. The average Bonchev–Trinajstić information content (AvgIpc) is 2.07. The third-order valence-corrected chi connectivity index (χ3v) is 3.76. The maximum atomic E-state index is 11.0. The van der Waals surface area contributed by atoms with Gasteiger partial charge in [0.15, 0.2) is 6.29 Å². The van der Waals surface area contributed by atoms with Gasteiger partial charge in [0.1, 0.15) is 4.90 Å². The molecule has 0 aliphatic carbocycles. The van der Waals surface area contributed by atoms with E-state index in [1.807, 2.05) is 0 Å². The van der Waals surface area contributed by atoms with E-state index in [1.54, 1.807) is 0 Å². The first kappa shape index (κ1) is 11.8. The molecule has 1 aromatic carbocycles. The molecule has 0 saturated heterocycles. The van der Waals surface area contributed by atoms with Crippen LogP contribution in [0, 0.1) is 0 Å². The number of hydrogen-bond donors (Lipinski definition) is 0. The second kappa shape index (κ2) is 4.06. The maximum absolute atomic E-state index is 11.0. The lowest BCUT2D eigenvalue weighted by Gasteiger charge is -2.04. The monoisotopic (exact) mass is 272 g/mol. The molecule has 0 amide bonds. The molecule has 0 aliphatic heterocycles. The number of aldehydes is 1. The van der Waals surface area contributed by atoms with Gasteiger partial charge in [-0.25, -0.2) is 8.42 Å². The normalized spacial score (nSPS) is 11.4. The number of carbonyl (C=O) groups is 1. The summed E-state index contributed by atoms with van der Waals surface area (Å²) in [6.45, 7) is 0. The van der Waals surface area contributed by atoms with Crippen LogP contribution in [0.3, 0.4) is 0 Å². The first-order valence-electron chi connectivity index (χ1n) is 3.25. The van der Waals surface area contributed by atoms with Gasteiger partial charge < -0.3 is 0 Å². The Balaban J connectivity index is 3.69. The van der Waals surface area contributed by atoms with E-state index in [0.717, 1.165) is 0 Å². The Kier molecular flexibility index (Phi) is 3.42. The second-order valence-electron chi connectivity index (χ2n) is 2.34. The highest BCUT2D eigenvalue weighted by atomic mass is 35.7. The lowest BCUT2D eigenvalue weighted by atomic mass is 10.2. The minimum Gasteiger partial charge on any atom is -0.298 e. The number of hydrogen-bond acceptors (Lipinski definition) is 3. The van der Waals surface area contributed by atoms with Crippen LogP contribution in [0.15, 0.2) is 17.0 Å². The second-order valence-corrected chi connectivity index (χ2v) is 5.62. The molecule has 0 radical (unpaired) electrons. The Morgan fingerprint density at radius 2 is 1.79 bits per heavy atom. The summed E-state index contributed by atoms with van der Waals surface area (Å²) in [6, 6.07) is 2.55. The molecule has 7 heteroatoms. The number of halogens is 3. The van der Waals surface area contributed by atoms with E-state index in [4.69, 9.17) is 33.9 Å². The van der Waals surface area contributed by atoms with E-state index in [2.05, 4.69) is 0 Å². The van der Waals surface area contributed by atoms with Gasteiger partial charge in [0.05, 0.1) is 10.0 Å². The van der Waals surface area contributed by atoms with E-state index < -0.39 is 13.9 Å². The van der Waals surface area contributed by atoms with Crippen molar-refractivity contribution < 1.29 is 13.2 Å². The van der Waals surface area contributed by atoms with Crippen LogP contribution < -0.4 is 0 Å². The topological polar surface area (TPSA) is 51.2 Å². The fourth-order valence-electron chi connectivity index (χ4n) is 0.888. The summed E-state index contributed by atoms with van der Waals surface area (Å²) in [6.07, 6.45) is 0.345. The molecule has 3 nitrogen and oxygen atoms in total. The van der Waals surface area contributed by atoms with Gasteiger partial charge in [-0.3, -0.25) is 4.79 Å². The Morgan fingerprint density at radius 1 is 1.21 bits per heavy atom. The van der Waals surface area contributed by atoms with Gasteiger partial charge in [0.25, 0.3) is 9.05 Å². The van der Waals surface area contributed by atoms with Crippen molar-refractivity contribution in [3.05, 3.63) is 27.7 Å². The maximum Gasteiger partial charge on any atom is 0.263 e. The molecule has 0 aromatic heterocycles. The molecule has 0 N–H and O–H groups in total. The van der Waals surface area contributed by atoms with E-state index in [1.165, 1.54) is 12.1 Å². The quantitative estimate of drug-likeness (QED) is 0.615. The van der Waals surface area contributed by atoms with E-state index in [9.17, 15) is 13.2 Å². The summed E-state index contributed by atoms with van der Waals surface area (Å²) >= 11 is 11.2. The number of carbonyl (C=O) groups excluding carboxylic acids is 1. The predicted octanol–water partition coefficient (Wildman–Crippen LogP) is 2.73. The highest BCUT2D eigenvalue weighted by Gasteiger charge is 2.21. The summed E-state index contributed by atoms with van der Waals surface area (Å²) in [4.78, 5) is 10.1. The highest BCUT2D eigenvalue weighted by Crippen LogP contribution is 2.33. The van der Waals surface area contributed by atoms with Crippen LogP contribution in [0.2, 0.25) is 10.0 Å². The summed E-state index contributed by atoms with van der Waals surface area (Å²) in [5.41, 5.74) is -0.116. The fourth-order valence-corrected chi connectivity index (χ4v) is 2.92. The van der Waals surface area contributed by atoms with Crippen LogP contribution >= 0.6 is 33.9 Å². The van der Waals surface area contributed by atoms with Gasteiger partial charge in [-0.05, 0) is 12.1 Å². The molecular formula is C7H3Cl3O3S. The van der Waals surface area contributed by atoms with Crippen molar-refractivity contribution in [2.75, 3.05) is 0 Å². The Hall–Kier alpha value is -0.290. The van der Waals surface area contributed by atoms with Gasteiger partial charge in [0.2, 0.25) is 0 Å². The Morgan fingerprint density at radius 3 is 2.21 bits per heavy atom. The molecule has 0 atom stereocenters. The molecule has 14 heavy (non-hydrogen) atoms. The summed E-state index contributed by atoms with van der Waals surface area (Å²) in [5.74, 6) is 0. The van der Waals surface area contributed by atoms with E-state index in [-0.39, 0.29) is 15.6 Å². The molecule has 0 bridgehead atoms. The van der Waals surface area contributed by atoms with E-state index in [0.29, 0.717) is 6.29 Å². The summed E-state index contributed by atoms with van der Waals surface area (Å²) < 4.78 is 22.1. The van der Waals surface area contributed by atoms with Gasteiger partial charge in [-0.1, -0.05) is 23.2 Å². The largest absolute Gasteiger partial charge is 0.298 e. The van der Waals surface area contributed by atoms with Crippen molar-refractivity contribution in [2.24, 2.45) is 0 Å². The van der Waals surface area contributed by atoms with Crippen molar-refractivity contribution in [3.8, 4) is 0 Å². The lowest BCUT2D eigenvalue weighted by molar-refractivity contribution is 0.112. The Labute approximate surface area is 95.0 Å². The molecule has 0 fully saturated rings. The van der Waals surface area contributed by atoms with E-state index >= 15 is 0 Å². The van der Waals surface area contributed by atoms with Crippen molar-refractivity contribution in [3.63, 3.8) is 0 Å².